The molecule has 7 rings (SSSR count). The van der Waals surface area contributed by atoms with Crippen LogP contribution in [0.2, 0.25) is 0 Å². The third-order valence-corrected chi connectivity index (χ3v) is 8.75. The zero-order valence-corrected chi connectivity index (χ0v) is 27.4. The van der Waals surface area contributed by atoms with E-state index in [1.54, 1.807) is 6.08 Å². The Balaban J connectivity index is 1.19. The lowest BCUT2D eigenvalue weighted by atomic mass is 9.97. The van der Waals surface area contributed by atoms with Gasteiger partial charge in [0.05, 0.1) is 12.6 Å². The van der Waals surface area contributed by atoms with Gasteiger partial charge in [-0.1, -0.05) is 133 Å². The number of anilines is 3. The van der Waals surface area contributed by atoms with Crippen molar-refractivity contribution in [3.05, 3.63) is 216 Å². The van der Waals surface area contributed by atoms with Gasteiger partial charge in [0.25, 0.3) is 5.70 Å². The van der Waals surface area contributed by atoms with Crippen molar-refractivity contribution in [2.45, 2.75) is 12.5 Å². The molecule has 1 aliphatic rings. The van der Waals surface area contributed by atoms with E-state index in [0.29, 0.717) is 17.8 Å². The first-order valence-electron chi connectivity index (χ1n) is 16.5. The second kappa shape index (κ2) is 14.9. The Morgan fingerprint density at radius 2 is 1.08 bits per heavy atom. The third kappa shape index (κ3) is 7.16. The Morgan fingerprint density at radius 3 is 1.56 bits per heavy atom. The fourth-order valence-corrected chi connectivity index (χ4v) is 6.17. The number of allylic oxidation sites excluding steroid dienone is 3. The molecule has 0 saturated heterocycles. The summed E-state index contributed by atoms with van der Waals surface area (Å²) in [5.41, 5.74) is 10.6. The van der Waals surface area contributed by atoms with Crippen molar-refractivity contribution in [1.82, 2.24) is 0 Å². The van der Waals surface area contributed by atoms with Crippen LogP contribution in [0.4, 0.5) is 17.1 Å². The minimum absolute atomic E-state index is 0.0955. The summed E-state index contributed by atoms with van der Waals surface area (Å²) in [6.07, 6.45) is 5.90. The second-order valence-corrected chi connectivity index (χ2v) is 12.0. The molecule has 0 aromatic heterocycles. The molecule has 1 heterocycles. The first-order valence-corrected chi connectivity index (χ1v) is 16.5. The number of hydrogen-bond donors (Lipinski definition) is 0. The molecule has 0 N–H and O–H groups in total. The van der Waals surface area contributed by atoms with Crippen LogP contribution in [0, 0.1) is 17.9 Å². The van der Waals surface area contributed by atoms with E-state index in [4.69, 9.17) is 11.3 Å². The maximum Gasteiger partial charge on any atom is 0.265 e. The van der Waals surface area contributed by atoms with Gasteiger partial charge in [-0.25, -0.2) is 10.1 Å². The summed E-state index contributed by atoms with van der Waals surface area (Å²) in [7, 11) is 0. The zero-order valence-electron chi connectivity index (χ0n) is 27.4. The first kappa shape index (κ1) is 31.7. The standard InChI is InChI=1S/C46H33N3O/c1-48-45(33-47)40-31-44(50-46(32-40)39-15-9-4-10-16-39)30-19-34-17-24-41(25-18-34)49(42-26-20-37(21-27-42)35-11-5-2-6-12-35)43-28-22-38(23-29-43)36-13-7-3-8-14-36/h2-31,46H,32H2/b30-19+,45-40?. The molecule has 1 aliphatic heterocycles. The SMILES string of the molecule is [C-]#[N+]C(C#N)=C1C=C(/C=C/c2ccc(N(c3ccc(-c4ccccc4)cc3)c3ccc(-c4ccccc4)cc3)cc2)OC(c2ccccc2)C1. The highest BCUT2D eigenvalue weighted by molar-refractivity contribution is 5.80. The second-order valence-electron chi connectivity index (χ2n) is 12.0. The van der Waals surface area contributed by atoms with Gasteiger partial charge in [0.1, 0.15) is 11.9 Å². The molecule has 0 amide bonds. The van der Waals surface area contributed by atoms with Gasteiger partial charge >= 0.3 is 0 Å². The van der Waals surface area contributed by atoms with Crippen LogP contribution in [-0.2, 0) is 4.74 Å². The van der Waals surface area contributed by atoms with E-state index < -0.39 is 0 Å². The minimum Gasteiger partial charge on any atom is -0.485 e. The Labute approximate surface area is 293 Å². The highest BCUT2D eigenvalue weighted by Gasteiger charge is 2.22. The summed E-state index contributed by atoms with van der Waals surface area (Å²) < 4.78 is 6.34. The van der Waals surface area contributed by atoms with Crippen molar-refractivity contribution in [3.8, 4) is 28.3 Å². The van der Waals surface area contributed by atoms with E-state index in [9.17, 15) is 5.26 Å². The van der Waals surface area contributed by atoms with Gasteiger partial charge in [-0.05, 0) is 87.5 Å². The van der Waals surface area contributed by atoms with Gasteiger partial charge in [-0.2, -0.15) is 0 Å². The van der Waals surface area contributed by atoms with Gasteiger partial charge in [0.15, 0.2) is 0 Å². The van der Waals surface area contributed by atoms with Crippen molar-refractivity contribution < 1.29 is 4.74 Å². The topological polar surface area (TPSA) is 40.6 Å². The molecule has 4 heteroatoms. The number of hydrogen-bond acceptors (Lipinski definition) is 3. The lowest BCUT2D eigenvalue weighted by Crippen LogP contribution is -2.10. The predicted octanol–water partition coefficient (Wildman–Crippen LogP) is 12.2. The van der Waals surface area contributed by atoms with Crippen molar-refractivity contribution >= 4 is 23.1 Å². The van der Waals surface area contributed by atoms with Crippen LogP contribution in [0.5, 0.6) is 0 Å². The summed E-state index contributed by atoms with van der Waals surface area (Å²) in [6, 6.07) is 58.5. The summed E-state index contributed by atoms with van der Waals surface area (Å²) in [5.74, 6) is 0.610. The fraction of sp³-hybridized carbons (Fsp3) is 0.0435. The Bertz CT molecular complexity index is 2140. The van der Waals surface area contributed by atoms with E-state index in [2.05, 4.69) is 137 Å². The van der Waals surface area contributed by atoms with Crippen molar-refractivity contribution in [3.63, 3.8) is 0 Å². The molecule has 0 fully saturated rings. The minimum atomic E-state index is -0.279. The molecule has 6 aromatic rings. The van der Waals surface area contributed by atoms with Gasteiger partial charge in [-0.3, -0.25) is 0 Å². The average Bonchev–Trinajstić information content (AvgIpc) is 3.20. The van der Waals surface area contributed by atoms with Crippen LogP contribution in [0.3, 0.4) is 0 Å². The molecule has 238 valence electrons. The molecule has 0 bridgehead atoms. The summed E-state index contributed by atoms with van der Waals surface area (Å²) >= 11 is 0. The van der Waals surface area contributed by atoms with E-state index >= 15 is 0 Å². The number of ether oxygens (including phenoxy) is 1. The number of benzene rings is 6. The summed E-state index contributed by atoms with van der Waals surface area (Å²) in [5, 5.41) is 9.58. The van der Waals surface area contributed by atoms with Crippen LogP contribution in [0.15, 0.2) is 193 Å². The molecule has 0 saturated carbocycles. The highest BCUT2D eigenvalue weighted by atomic mass is 16.5. The molecule has 50 heavy (non-hydrogen) atoms. The monoisotopic (exact) mass is 643 g/mol. The molecule has 0 radical (unpaired) electrons. The number of nitrogens with zero attached hydrogens (tertiary/aromatic N) is 3. The Kier molecular flexibility index (Phi) is 9.45. The van der Waals surface area contributed by atoms with Crippen molar-refractivity contribution in [2.75, 3.05) is 4.90 Å². The first-order chi connectivity index (χ1) is 24.7. The fourth-order valence-electron chi connectivity index (χ4n) is 6.17. The van der Waals surface area contributed by atoms with Crippen LogP contribution >= 0.6 is 0 Å². The van der Waals surface area contributed by atoms with Crippen LogP contribution < -0.4 is 4.90 Å². The van der Waals surface area contributed by atoms with E-state index in [0.717, 1.165) is 28.2 Å². The Hall–Kier alpha value is -6.88. The third-order valence-electron chi connectivity index (χ3n) is 8.75. The molecule has 0 spiro atoms. The molecular weight excluding hydrogens is 611 g/mol. The molecule has 0 aliphatic carbocycles. The predicted molar refractivity (Wildman–Crippen MR) is 203 cm³/mol. The number of rotatable bonds is 8. The van der Waals surface area contributed by atoms with E-state index in [1.807, 2.05) is 54.6 Å². The lowest BCUT2D eigenvalue weighted by Gasteiger charge is -2.26. The van der Waals surface area contributed by atoms with Crippen molar-refractivity contribution in [1.29, 1.82) is 5.26 Å². The quantitative estimate of drug-likeness (QED) is 0.122. The largest absolute Gasteiger partial charge is 0.485 e. The summed E-state index contributed by atoms with van der Waals surface area (Å²) in [6.45, 7) is 7.50. The lowest BCUT2D eigenvalue weighted by molar-refractivity contribution is 0.118. The maximum absolute atomic E-state index is 9.58. The maximum atomic E-state index is 9.58. The molecule has 6 aromatic carbocycles. The van der Waals surface area contributed by atoms with Gasteiger partial charge in [0, 0.05) is 23.5 Å². The van der Waals surface area contributed by atoms with E-state index in [-0.39, 0.29) is 11.8 Å². The number of nitriles is 1. The molecular formula is C46H33N3O. The molecule has 1 unspecified atom stereocenters. The van der Waals surface area contributed by atoms with Crippen LogP contribution in [0.25, 0.3) is 33.2 Å². The molecule has 4 nitrogen and oxygen atoms in total. The Morgan fingerprint density at radius 1 is 0.620 bits per heavy atom. The van der Waals surface area contributed by atoms with Crippen molar-refractivity contribution in [2.24, 2.45) is 0 Å². The average molecular weight is 644 g/mol. The van der Waals surface area contributed by atoms with Crippen LogP contribution in [-0.4, -0.2) is 0 Å². The van der Waals surface area contributed by atoms with Crippen LogP contribution in [0.1, 0.15) is 23.7 Å². The highest BCUT2D eigenvalue weighted by Crippen LogP contribution is 2.38. The smallest absolute Gasteiger partial charge is 0.265 e. The van der Waals surface area contributed by atoms with Gasteiger partial charge < -0.3 is 9.64 Å². The molecule has 1 atom stereocenters. The normalized spacial score (nSPS) is 14.9. The van der Waals surface area contributed by atoms with Gasteiger partial charge in [0.2, 0.25) is 0 Å². The van der Waals surface area contributed by atoms with E-state index in [1.165, 1.54) is 22.3 Å². The zero-order chi connectivity index (χ0) is 34.1. The summed E-state index contributed by atoms with van der Waals surface area (Å²) in [4.78, 5) is 5.73. The van der Waals surface area contributed by atoms with Gasteiger partial charge in [-0.15, -0.1) is 0 Å².